The molecule has 2 aromatic rings. The van der Waals surface area contributed by atoms with E-state index in [-0.39, 0.29) is 6.17 Å². The summed E-state index contributed by atoms with van der Waals surface area (Å²) < 4.78 is 0. The molecule has 0 aromatic heterocycles. The van der Waals surface area contributed by atoms with Crippen LogP contribution in [0.4, 0.5) is 0 Å². The molecule has 2 aliphatic heterocycles. The Balaban J connectivity index is 1.58. The number of nitrogens with zero attached hydrogens (tertiary/aromatic N) is 2. The molecule has 1 N–H and O–H groups in total. The molecule has 0 spiro atoms. The number of hydrogen-bond donors (Lipinski definition) is 1. The Morgan fingerprint density at radius 3 is 2.87 bits per heavy atom. The number of fused-ring (bicyclic) bond motifs is 2. The first-order chi connectivity index (χ1) is 11.2. The van der Waals surface area contributed by atoms with Crippen LogP contribution in [0.2, 0.25) is 5.02 Å². The Morgan fingerprint density at radius 2 is 2.04 bits per heavy atom. The highest BCUT2D eigenvalue weighted by Gasteiger charge is 2.34. The highest BCUT2D eigenvalue weighted by atomic mass is 35.5. The maximum atomic E-state index is 6.12. The molecule has 0 bridgehead atoms. The fraction of sp³-hybridized carbons (Fsp3) is 0.316. The zero-order valence-corrected chi connectivity index (χ0v) is 13.9. The average molecular weight is 326 g/mol. The van der Waals surface area contributed by atoms with Gasteiger partial charge in [-0.3, -0.25) is 4.99 Å². The minimum absolute atomic E-state index is 0.159. The largest absolute Gasteiger partial charge is 0.354 e. The van der Waals surface area contributed by atoms with E-state index in [9.17, 15) is 0 Å². The van der Waals surface area contributed by atoms with Gasteiger partial charge in [0, 0.05) is 35.1 Å². The van der Waals surface area contributed by atoms with Gasteiger partial charge >= 0.3 is 0 Å². The van der Waals surface area contributed by atoms with Gasteiger partial charge in [0.05, 0.1) is 5.36 Å². The molecular weight excluding hydrogens is 306 g/mol. The molecule has 4 heteroatoms. The highest BCUT2D eigenvalue weighted by Crippen LogP contribution is 2.23. The molecule has 0 radical (unpaired) electrons. The van der Waals surface area contributed by atoms with Crippen LogP contribution in [0, 0.1) is 0 Å². The van der Waals surface area contributed by atoms with E-state index in [1.165, 1.54) is 5.56 Å². The summed E-state index contributed by atoms with van der Waals surface area (Å²) in [5.41, 5.74) is 1.31. The SMILES string of the molecule is CC(NC1CCN2C=c3ccc(Cl)cc3=NC12)c1ccccc1. The van der Waals surface area contributed by atoms with E-state index in [2.05, 4.69) is 53.7 Å². The molecular formula is C19H20ClN3. The Morgan fingerprint density at radius 1 is 1.22 bits per heavy atom. The summed E-state index contributed by atoms with van der Waals surface area (Å²) in [4.78, 5) is 7.28. The smallest absolute Gasteiger partial charge is 0.136 e. The Bertz CT molecular complexity index is 818. The number of halogens is 1. The molecule has 1 saturated heterocycles. The molecule has 0 amide bonds. The summed E-state index contributed by atoms with van der Waals surface area (Å²) in [6, 6.07) is 17.2. The van der Waals surface area contributed by atoms with Gasteiger partial charge in [-0.2, -0.15) is 0 Å². The molecule has 4 rings (SSSR count). The predicted octanol–water partition coefficient (Wildman–Crippen LogP) is 2.46. The Labute approximate surface area is 141 Å². The lowest BCUT2D eigenvalue weighted by atomic mass is 10.1. The van der Waals surface area contributed by atoms with Gasteiger partial charge in [0.1, 0.15) is 6.17 Å². The van der Waals surface area contributed by atoms with Crippen molar-refractivity contribution in [1.82, 2.24) is 10.2 Å². The van der Waals surface area contributed by atoms with Crippen molar-refractivity contribution in [3.05, 3.63) is 69.7 Å². The number of benzene rings is 2. The van der Waals surface area contributed by atoms with Crippen LogP contribution < -0.4 is 15.9 Å². The quantitative estimate of drug-likeness (QED) is 0.938. The van der Waals surface area contributed by atoms with Crippen LogP contribution in [0.15, 0.2) is 53.5 Å². The molecule has 1 fully saturated rings. The lowest BCUT2D eigenvalue weighted by Gasteiger charge is -2.28. The van der Waals surface area contributed by atoms with Gasteiger partial charge in [-0.05, 0) is 37.1 Å². The normalized spacial score (nSPS) is 23.5. The highest BCUT2D eigenvalue weighted by molar-refractivity contribution is 6.30. The lowest BCUT2D eigenvalue weighted by Crippen LogP contribution is -2.46. The predicted molar refractivity (Wildman–Crippen MR) is 93.6 cm³/mol. The van der Waals surface area contributed by atoms with Crippen molar-refractivity contribution in [2.75, 3.05) is 6.54 Å². The topological polar surface area (TPSA) is 27.6 Å². The first kappa shape index (κ1) is 14.7. The van der Waals surface area contributed by atoms with E-state index >= 15 is 0 Å². The van der Waals surface area contributed by atoms with Crippen molar-refractivity contribution in [3.63, 3.8) is 0 Å². The van der Waals surface area contributed by atoms with E-state index in [4.69, 9.17) is 16.6 Å². The van der Waals surface area contributed by atoms with E-state index in [1.807, 2.05) is 18.2 Å². The summed E-state index contributed by atoms with van der Waals surface area (Å²) in [6.07, 6.45) is 3.48. The van der Waals surface area contributed by atoms with Crippen LogP contribution in [0.3, 0.4) is 0 Å². The van der Waals surface area contributed by atoms with Gasteiger partial charge in [-0.1, -0.05) is 41.9 Å². The van der Waals surface area contributed by atoms with Crippen molar-refractivity contribution >= 4 is 17.8 Å². The van der Waals surface area contributed by atoms with E-state index in [0.29, 0.717) is 12.1 Å². The third-order valence-corrected chi connectivity index (χ3v) is 4.97. The number of nitrogens with one attached hydrogen (secondary N) is 1. The molecule has 3 unspecified atom stereocenters. The van der Waals surface area contributed by atoms with Gasteiger partial charge in [0.15, 0.2) is 0 Å². The van der Waals surface area contributed by atoms with Gasteiger partial charge in [-0.25, -0.2) is 0 Å². The van der Waals surface area contributed by atoms with Gasteiger partial charge in [0.25, 0.3) is 0 Å². The molecule has 2 aromatic carbocycles. The second-order valence-corrected chi connectivity index (χ2v) is 6.74. The van der Waals surface area contributed by atoms with Crippen molar-refractivity contribution in [2.24, 2.45) is 4.99 Å². The van der Waals surface area contributed by atoms with Crippen LogP contribution in [0.1, 0.15) is 24.9 Å². The van der Waals surface area contributed by atoms with Crippen LogP contribution in [-0.2, 0) is 0 Å². The minimum atomic E-state index is 0.159. The van der Waals surface area contributed by atoms with Crippen LogP contribution in [0.25, 0.3) is 6.20 Å². The molecule has 2 aliphatic rings. The molecule has 3 atom stereocenters. The van der Waals surface area contributed by atoms with Crippen molar-refractivity contribution in [3.8, 4) is 0 Å². The van der Waals surface area contributed by atoms with Gasteiger partial charge in [0.2, 0.25) is 0 Å². The maximum Gasteiger partial charge on any atom is 0.136 e. The summed E-state index contributed by atoms with van der Waals surface area (Å²) in [5.74, 6) is 0. The monoisotopic (exact) mass is 325 g/mol. The van der Waals surface area contributed by atoms with E-state index < -0.39 is 0 Å². The van der Waals surface area contributed by atoms with Crippen LogP contribution in [0.5, 0.6) is 0 Å². The zero-order valence-electron chi connectivity index (χ0n) is 13.1. The summed E-state index contributed by atoms with van der Waals surface area (Å²) in [6.45, 7) is 3.25. The van der Waals surface area contributed by atoms with Gasteiger partial charge < -0.3 is 10.2 Å². The number of hydrogen-bond acceptors (Lipinski definition) is 3. The van der Waals surface area contributed by atoms with E-state index in [1.54, 1.807) is 0 Å². The maximum absolute atomic E-state index is 6.12. The average Bonchev–Trinajstić information content (AvgIpc) is 2.95. The fourth-order valence-corrected chi connectivity index (χ4v) is 3.66. The summed E-state index contributed by atoms with van der Waals surface area (Å²) in [5, 5.41) is 6.65. The van der Waals surface area contributed by atoms with Crippen LogP contribution >= 0.6 is 11.6 Å². The third kappa shape index (κ3) is 2.87. The Kier molecular flexibility index (Phi) is 3.83. The molecule has 2 heterocycles. The zero-order chi connectivity index (χ0) is 15.8. The summed E-state index contributed by atoms with van der Waals surface area (Å²) in [7, 11) is 0. The fourth-order valence-electron chi connectivity index (χ4n) is 3.49. The third-order valence-electron chi connectivity index (χ3n) is 4.73. The van der Waals surface area contributed by atoms with Crippen molar-refractivity contribution in [2.45, 2.75) is 31.6 Å². The molecule has 23 heavy (non-hydrogen) atoms. The van der Waals surface area contributed by atoms with E-state index in [0.717, 1.165) is 28.6 Å². The molecule has 0 aliphatic carbocycles. The summed E-state index contributed by atoms with van der Waals surface area (Å²) >= 11 is 6.12. The standard InChI is InChI=1S/C19H20ClN3/c1-13(14-5-3-2-4-6-14)21-17-9-10-23-12-15-7-8-16(20)11-18(15)22-19(17)23/h2-8,11-13,17,19,21H,9-10H2,1H3. The first-order valence-corrected chi connectivity index (χ1v) is 8.50. The van der Waals surface area contributed by atoms with Crippen LogP contribution in [-0.4, -0.2) is 23.7 Å². The molecule has 3 nitrogen and oxygen atoms in total. The molecule has 0 saturated carbocycles. The van der Waals surface area contributed by atoms with Crippen molar-refractivity contribution < 1.29 is 0 Å². The second-order valence-electron chi connectivity index (χ2n) is 6.31. The lowest BCUT2D eigenvalue weighted by molar-refractivity contribution is 0.321. The minimum Gasteiger partial charge on any atom is -0.354 e. The second kappa shape index (κ2) is 5.99. The van der Waals surface area contributed by atoms with Gasteiger partial charge in [-0.15, -0.1) is 0 Å². The first-order valence-electron chi connectivity index (χ1n) is 8.13. The number of rotatable bonds is 3. The van der Waals surface area contributed by atoms with Crippen molar-refractivity contribution in [1.29, 1.82) is 0 Å². The Hall–Kier alpha value is -1.84. The molecule has 118 valence electrons.